The summed E-state index contributed by atoms with van der Waals surface area (Å²) in [5, 5.41) is 22.6. The molecule has 5 rings (SSSR count). The van der Waals surface area contributed by atoms with Gasteiger partial charge in [-0.2, -0.15) is 5.26 Å². The highest BCUT2D eigenvalue weighted by molar-refractivity contribution is 7.98. The Labute approximate surface area is 224 Å². The van der Waals surface area contributed by atoms with Crippen molar-refractivity contribution in [2.24, 2.45) is 0 Å². The van der Waals surface area contributed by atoms with E-state index < -0.39 is 5.97 Å². The number of thiophene rings is 1. The molecule has 2 heterocycles. The summed E-state index contributed by atoms with van der Waals surface area (Å²) >= 11 is 2.62. The minimum absolute atomic E-state index is 0.263. The molecule has 0 bridgehead atoms. The third kappa shape index (κ3) is 5.22. The van der Waals surface area contributed by atoms with Gasteiger partial charge in [-0.3, -0.25) is 0 Å². The first-order valence-electron chi connectivity index (χ1n) is 12.6. The lowest BCUT2D eigenvalue weighted by Crippen LogP contribution is -2.17. The predicted octanol–water partition coefficient (Wildman–Crippen LogP) is 6.51. The van der Waals surface area contributed by atoms with Crippen LogP contribution in [0.25, 0.3) is 10.8 Å². The van der Waals surface area contributed by atoms with E-state index in [0.717, 1.165) is 35.2 Å². The summed E-state index contributed by atoms with van der Waals surface area (Å²) in [5.41, 5.74) is 8.27. The molecule has 0 radical (unpaired) electrons. The fraction of sp³-hybridized carbons (Fsp3) is 0.357. The molecule has 7 nitrogen and oxygen atoms in total. The molecular weight excluding hydrogens is 502 g/mol. The van der Waals surface area contributed by atoms with Crippen LogP contribution in [0.3, 0.4) is 0 Å². The van der Waals surface area contributed by atoms with Crippen molar-refractivity contribution in [2.45, 2.75) is 62.4 Å². The van der Waals surface area contributed by atoms with Crippen molar-refractivity contribution >= 4 is 44.8 Å². The van der Waals surface area contributed by atoms with Crippen LogP contribution < -0.4 is 5.73 Å². The maximum absolute atomic E-state index is 12.6. The zero-order chi connectivity index (χ0) is 25.8. The Kier molecular flexibility index (Phi) is 7.77. The normalized spacial score (nSPS) is 14.1. The standard InChI is InChI=1S/C28H29N5O2S2/c1-2-35-27(34)25-23(22(16-29)26(30)37-25)17-36-28-32-31-24(33(28)20-12-4-3-5-13-20)15-19-11-8-10-18-9-6-7-14-21(18)19/h6-11,14,20H,2-5,12-13,15,17,30H2,1H3. The van der Waals surface area contributed by atoms with E-state index in [9.17, 15) is 10.1 Å². The lowest BCUT2D eigenvalue weighted by Gasteiger charge is -2.25. The number of aromatic nitrogens is 3. The number of hydrogen-bond donors (Lipinski definition) is 1. The molecule has 9 heteroatoms. The van der Waals surface area contributed by atoms with Crippen LogP contribution in [0.4, 0.5) is 5.00 Å². The molecule has 2 N–H and O–H groups in total. The number of rotatable bonds is 8. The zero-order valence-corrected chi connectivity index (χ0v) is 22.4. The Morgan fingerprint density at radius 3 is 2.76 bits per heavy atom. The second kappa shape index (κ2) is 11.4. The first-order valence-corrected chi connectivity index (χ1v) is 14.4. The molecule has 190 valence electrons. The van der Waals surface area contributed by atoms with Gasteiger partial charge in [-0.25, -0.2) is 4.79 Å². The highest BCUT2D eigenvalue weighted by Crippen LogP contribution is 2.38. The molecule has 0 saturated heterocycles. The van der Waals surface area contributed by atoms with Crippen LogP contribution in [0.5, 0.6) is 0 Å². The molecule has 37 heavy (non-hydrogen) atoms. The van der Waals surface area contributed by atoms with Crippen molar-refractivity contribution in [1.82, 2.24) is 14.8 Å². The minimum atomic E-state index is -0.443. The van der Waals surface area contributed by atoms with Gasteiger partial charge in [-0.05, 0) is 36.1 Å². The number of benzene rings is 2. The molecule has 0 unspecified atom stereocenters. The fourth-order valence-corrected chi connectivity index (χ4v) is 7.17. The smallest absolute Gasteiger partial charge is 0.348 e. The first kappa shape index (κ1) is 25.3. The van der Waals surface area contributed by atoms with Crippen molar-refractivity contribution in [2.75, 3.05) is 12.3 Å². The third-order valence-electron chi connectivity index (χ3n) is 6.86. The van der Waals surface area contributed by atoms with Gasteiger partial charge >= 0.3 is 5.97 Å². The molecule has 0 amide bonds. The van der Waals surface area contributed by atoms with Crippen molar-refractivity contribution < 1.29 is 9.53 Å². The summed E-state index contributed by atoms with van der Waals surface area (Å²) < 4.78 is 7.53. The number of carbonyl (C=O) groups excluding carboxylic acids is 1. The van der Waals surface area contributed by atoms with Crippen LogP contribution in [-0.4, -0.2) is 27.3 Å². The van der Waals surface area contributed by atoms with Gasteiger partial charge < -0.3 is 15.0 Å². The molecule has 0 atom stereocenters. The molecule has 2 aromatic carbocycles. The molecular formula is C28H29N5O2S2. The maximum atomic E-state index is 12.6. The van der Waals surface area contributed by atoms with Crippen molar-refractivity contribution in [3.63, 3.8) is 0 Å². The third-order valence-corrected chi connectivity index (χ3v) is 8.87. The number of esters is 1. The molecule has 0 aliphatic heterocycles. The van der Waals surface area contributed by atoms with Crippen LogP contribution in [-0.2, 0) is 16.9 Å². The Hall–Kier alpha value is -3.35. The van der Waals surface area contributed by atoms with E-state index in [0.29, 0.717) is 39.2 Å². The average molecular weight is 532 g/mol. The Morgan fingerprint density at radius 2 is 1.97 bits per heavy atom. The van der Waals surface area contributed by atoms with Crippen LogP contribution in [0, 0.1) is 11.3 Å². The molecule has 2 aromatic heterocycles. The number of nitrogen functional groups attached to an aromatic ring is 1. The van der Waals surface area contributed by atoms with Gasteiger partial charge in [0.1, 0.15) is 21.8 Å². The van der Waals surface area contributed by atoms with E-state index in [-0.39, 0.29) is 6.61 Å². The molecule has 1 saturated carbocycles. The number of fused-ring (bicyclic) bond motifs is 1. The number of ether oxygens (including phenoxy) is 1. The molecule has 0 spiro atoms. The van der Waals surface area contributed by atoms with Gasteiger partial charge in [0.2, 0.25) is 0 Å². The quantitative estimate of drug-likeness (QED) is 0.204. The van der Waals surface area contributed by atoms with Gasteiger partial charge in [0.15, 0.2) is 5.16 Å². The van der Waals surface area contributed by atoms with Crippen molar-refractivity contribution in [3.05, 3.63) is 69.9 Å². The van der Waals surface area contributed by atoms with Crippen LogP contribution in [0.1, 0.15) is 77.3 Å². The Bertz CT molecular complexity index is 1460. The Balaban J connectivity index is 1.48. The number of carbonyl (C=O) groups is 1. The SMILES string of the molecule is CCOC(=O)c1sc(N)c(C#N)c1CSc1nnc(Cc2cccc3ccccc23)n1C1CCCCC1. The summed E-state index contributed by atoms with van der Waals surface area (Å²) in [6.07, 6.45) is 6.51. The minimum Gasteiger partial charge on any atom is -0.462 e. The lowest BCUT2D eigenvalue weighted by molar-refractivity contribution is 0.0531. The molecule has 1 fully saturated rings. The highest BCUT2D eigenvalue weighted by atomic mass is 32.2. The Morgan fingerprint density at radius 1 is 1.19 bits per heavy atom. The van der Waals surface area contributed by atoms with E-state index in [4.69, 9.17) is 10.5 Å². The summed E-state index contributed by atoms with van der Waals surface area (Å²) in [6.45, 7) is 2.03. The summed E-state index contributed by atoms with van der Waals surface area (Å²) in [4.78, 5) is 13.0. The second-order valence-corrected chi connectivity index (χ2v) is 11.1. The number of anilines is 1. The predicted molar refractivity (Wildman–Crippen MR) is 148 cm³/mol. The van der Waals surface area contributed by atoms with Crippen LogP contribution >= 0.6 is 23.1 Å². The summed E-state index contributed by atoms with van der Waals surface area (Å²) in [6, 6.07) is 17.3. The maximum Gasteiger partial charge on any atom is 0.348 e. The number of nitriles is 1. The number of thioether (sulfide) groups is 1. The molecule has 1 aliphatic rings. The van der Waals surface area contributed by atoms with Gasteiger partial charge in [0.25, 0.3) is 0 Å². The van der Waals surface area contributed by atoms with E-state index in [1.165, 1.54) is 47.4 Å². The van der Waals surface area contributed by atoms with Gasteiger partial charge in [-0.15, -0.1) is 21.5 Å². The summed E-state index contributed by atoms with van der Waals surface area (Å²) in [5.74, 6) is 0.896. The van der Waals surface area contributed by atoms with Gasteiger partial charge in [-0.1, -0.05) is 73.5 Å². The first-order chi connectivity index (χ1) is 18.1. The monoisotopic (exact) mass is 531 g/mol. The summed E-state index contributed by atoms with van der Waals surface area (Å²) in [7, 11) is 0. The second-order valence-electron chi connectivity index (χ2n) is 9.15. The lowest BCUT2D eigenvalue weighted by atomic mass is 9.95. The highest BCUT2D eigenvalue weighted by Gasteiger charge is 2.26. The largest absolute Gasteiger partial charge is 0.462 e. The number of nitrogens with zero attached hydrogens (tertiary/aromatic N) is 4. The van der Waals surface area contributed by atoms with Crippen molar-refractivity contribution in [1.29, 1.82) is 5.26 Å². The molecule has 1 aliphatic carbocycles. The number of nitrogens with two attached hydrogens (primary N) is 1. The van der Waals surface area contributed by atoms with Gasteiger partial charge in [0, 0.05) is 23.8 Å². The fourth-order valence-electron chi connectivity index (χ4n) is 5.09. The zero-order valence-electron chi connectivity index (χ0n) is 20.8. The average Bonchev–Trinajstić information content (AvgIpc) is 3.47. The molecule has 4 aromatic rings. The van der Waals surface area contributed by atoms with E-state index in [2.05, 4.69) is 63.3 Å². The van der Waals surface area contributed by atoms with E-state index in [1.54, 1.807) is 6.92 Å². The number of hydrogen-bond acceptors (Lipinski definition) is 8. The van der Waals surface area contributed by atoms with Gasteiger partial charge in [0.05, 0.1) is 12.2 Å². The van der Waals surface area contributed by atoms with Crippen molar-refractivity contribution in [3.8, 4) is 6.07 Å². The topological polar surface area (TPSA) is 107 Å². The van der Waals surface area contributed by atoms with E-state index in [1.807, 2.05) is 0 Å². The van der Waals surface area contributed by atoms with Crippen LogP contribution in [0.2, 0.25) is 0 Å². The van der Waals surface area contributed by atoms with Crippen LogP contribution in [0.15, 0.2) is 47.6 Å². The van der Waals surface area contributed by atoms with E-state index >= 15 is 0 Å².